The van der Waals surface area contributed by atoms with Gasteiger partial charge in [0, 0.05) is 25.3 Å². The molecule has 1 aromatic heterocycles. The van der Waals surface area contributed by atoms with E-state index >= 15 is 0 Å². The summed E-state index contributed by atoms with van der Waals surface area (Å²) in [6.45, 7) is 3.27. The molecule has 0 bridgehead atoms. The molecule has 4 rings (SSSR count). The number of pyridine rings is 1. The highest BCUT2D eigenvalue weighted by atomic mass is 16.5. The van der Waals surface area contributed by atoms with Crippen LogP contribution in [0.3, 0.4) is 0 Å². The smallest absolute Gasteiger partial charge is 0.341 e. The van der Waals surface area contributed by atoms with E-state index < -0.39 is 11.5 Å². The molecule has 2 aromatic rings. The summed E-state index contributed by atoms with van der Waals surface area (Å²) >= 11 is 0. The maximum Gasteiger partial charge on any atom is 0.341 e. The Labute approximate surface area is 131 Å². The average molecular weight is 315 g/mol. The van der Waals surface area contributed by atoms with E-state index in [-0.39, 0.29) is 11.7 Å². The van der Waals surface area contributed by atoms with Crippen LogP contribution in [0.4, 0.5) is 5.69 Å². The Morgan fingerprint density at radius 1 is 1.30 bits per heavy atom. The molecule has 0 radical (unpaired) electrons. The SMILES string of the molecule is O=C(O)c1cc2ccc(N3CC4NCCOC4C3)cc2[nH]c1=O. The normalized spacial score (nSPS) is 23.9. The zero-order valence-corrected chi connectivity index (χ0v) is 12.4. The lowest BCUT2D eigenvalue weighted by Gasteiger charge is -2.25. The number of nitrogens with zero attached hydrogens (tertiary/aromatic N) is 1. The quantitative estimate of drug-likeness (QED) is 0.743. The van der Waals surface area contributed by atoms with Crippen LogP contribution in [0.15, 0.2) is 29.1 Å². The van der Waals surface area contributed by atoms with Crippen molar-refractivity contribution in [3.63, 3.8) is 0 Å². The van der Waals surface area contributed by atoms with Gasteiger partial charge in [-0.05, 0) is 23.6 Å². The van der Waals surface area contributed by atoms with Gasteiger partial charge >= 0.3 is 5.97 Å². The number of morpholine rings is 1. The van der Waals surface area contributed by atoms with Crippen LogP contribution in [0.5, 0.6) is 0 Å². The third-order valence-electron chi connectivity index (χ3n) is 4.53. The Bertz CT molecular complexity index is 818. The van der Waals surface area contributed by atoms with Crippen LogP contribution in [0.1, 0.15) is 10.4 Å². The second-order valence-electron chi connectivity index (χ2n) is 5.96. The standard InChI is InChI=1S/C16H17N3O4/c20-15-11(16(21)22)5-9-1-2-10(6-12(9)18-15)19-7-13-14(8-19)23-4-3-17-13/h1-2,5-6,13-14,17H,3-4,7-8H2,(H,18,20)(H,21,22). The number of benzene rings is 1. The van der Waals surface area contributed by atoms with E-state index in [2.05, 4.69) is 15.2 Å². The zero-order valence-electron chi connectivity index (χ0n) is 12.4. The molecule has 2 atom stereocenters. The van der Waals surface area contributed by atoms with Crippen molar-refractivity contribution in [3.8, 4) is 0 Å². The molecule has 23 heavy (non-hydrogen) atoms. The number of aromatic amines is 1. The minimum Gasteiger partial charge on any atom is -0.477 e. The van der Waals surface area contributed by atoms with Crippen molar-refractivity contribution in [2.24, 2.45) is 0 Å². The van der Waals surface area contributed by atoms with Gasteiger partial charge in [-0.1, -0.05) is 6.07 Å². The number of H-pyrrole nitrogens is 1. The number of aromatic nitrogens is 1. The Hall–Kier alpha value is -2.38. The number of nitrogens with one attached hydrogen (secondary N) is 2. The molecule has 2 aliphatic rings. The third-order valence-corrected chi connectivity index (χ3v) is 4.53. The molecule has 0 aliphatic carbocycles. The molecule has 1 aromatic carbocycles. The van der Waals surface area contributed by atoms with Gasteiger partial charge < -0.3 is 25.0 Å². The lowest BCUT2D eigenvalue weighted by molar-refractivity contribution is 0.0212. The van der Waals surface area contributed by atoms with Crippen molar-refractivity contribution >= 4 is 22.6 Å². The van der Waals surface area contributed by atoms with Crippen molar-refractivity contribution in [1.29, 1.82) is 0 Å². The van der Waals surface area contributed by atoms with Gasteiger partial charge in [-0.2, -0.15) is 0 Å². The molecule has 3 heterocycles. The zero-order chi connectivity index (χ0) is 16.0. The number of hydrogen-bond donors (Lipinski definition) is 3. The molecule has 7 heteroatoms. The number of carboxylic acid groups (broad SMARTS) is 1. The van der Waals surface area contributed by atoms with Gasteiger partial charge in [0.2, 0.25) is 0 Å². The summed E-state index contributed by atoms with van der Waals surface area (Å²) < 4.78 is 5.78. The van der Waals surface area contributed by atoms with E-state index in [0.29, 0.717) is 16.9 Å². The lowest BCUT2D eigenvalue weighted by atomic mass is 10.1. The van der Waals surface area contributed by atoms with Crippen molar-refractivity contribution in [2.45, 2.75) is 12.1 Å². The van der Waals surface area contributed by atoms with Gasteiger partial charge in [0.1, 0.15) is 5.56 Å². The first kappa shape index (κ1) is 14.2. The van der Waals surface area contributed by atoms with E-state index in [0.717, 1.165) is 31.9 Å². The number of carbonyl (C=O) groups is 1. The highest BCUT2D eigenvalue weighted by molar-refractivity contribution is 5.93. The van der Waals surface area contributed by atoms with Crippen molar-refractivity contribution < 1.29 is 14.6 Å². The van der Waals surface area contributed by atoms with Gasteiger partial charge in [-0.15, -0.1) is 0 Å². The van der Waals surface area contributed by atoms with Crippen LogP contribution in [0.2, 0.25) is 0 Å². The number of carboxylic acids is 1. The summed E-state index contributed by atoms with van der Waals surface area (Å²) in [6, 6.07) is 7.41. The van der Waals surface area contributed by atoms with E-state index in [1.165, 1.54) is 6.07 Å². The van der Waals surface area contributed by atoms with Crippen molar-refractivity contribution in [1.82, 2.24) is 10.3 Å². The van der Waals surface area contributed by atoms with Crippen molar-refractivity contribution in [3.05, 3.63) is 40.2 Å². The summed E-state index contributed by atoms with van der Waals surface area (Å²) in [6.07, 6.45) is 0.188. The molecule has 0 spiro atoms. The van der Waals surface area contributed by atoms with Gasteiger partial charge in [0.05, 0.1) is 24.3 Å². The Kier molecular flexibility index (Phi) is 3.32. The molecule has 0 amide bonds. The van der Waals surface area contributed by atoms with E-state index in [9.17, 15) is 9.59 Å². The van der Waals surface area contributed by atoms with Crippen LogP contribution < -0.4 is 15.8 Å². The minimum atomic E-state index is -1.22. The summed E-state index contributed by atoms with van der Waals surface area (Å²) in [5.74, 6) is -1.22. The molecule has 2 saturated heterocycles. The van der Waals surface area contributed by atoms with E-state index in [4.69, 9.17) is 9.84 Å². The van der Waals surface area contributed by atoms with Gasteiger partial charge in [-0.25, -0.2) is 4.79 Å². The van der Waals surface area contributed by atoms with Crippen LogP contribution in [-0.2, 0) is 4.74 Å². The number of ether oxygens (including phenoxy) is 1. The predicted molar refractivity (Wildman–Crippen MR) is 85.3 cm³/mol. The number of hydrogen-bond acceptors (Lipinski definition) is 5. The fraction of sp³-hybridized carbons (Fsp3) is 0.375. The van der Waals surface area contributed by atoms with Gasteiger partial charge in [0.15, 0.2) is 0 Å². The number of aromatic carboxylic acids is 1. The fourth-order valence-electron chi connectivity index (χ4n) is 3.35. The number of rotatable bonds is 2. The van der Waals surface area contributed by atoms with Crippen LogP contribution >= 0.6 is 0 Å². The summed E-state index contributed by atoms with van der Waals surface area (Å²) in [5.41, 5.74) is 0.814. The summed E-state index contributed by atoms with van der Waals surface area (Å²) in [5, 5.41) is 13.2. The lowest BCUT2D eigenvalue weighted by Crippen LogP contribution is -2.47. The third kappa shape index (κ3) is 2.47. The second-order valence-corrected chi connectivity index (χ2v) is 5.96. The largest absolute Gasteiger partial charge is 0.477 e. The molecule has 2 unspecified atom stereocenters. The molecule has 7 nitrogen and oxygen atoms in total. The molecule has 0 saturated carbocycles. The van der Waals surface area contributed by atoms with Crippen molar-refractivity contribution in [2.75, 3.05) is 31.1 Å². The molecule has 3 N–H and O–H groups in total. The topological polar surface area (TPSA) is 94.7 Å². The van der Waals surface area contributed by atoms with E-state index in [1.54, 1.807) is 0 Å². The second kappa shape index (κ2) is 5.36. The van der Waals surface area contributed by atoms with Gasteiger partial charge in [0.25, 0.3) is 5.56 Å². The highest BCUT2D eigenvalue weighted by Crippen LogP contribution is 2.26. The molecule has 2 fully saturated rings. The maximum absolute atomic E-state index is 11.8. The average Bonchev–Trinajstić information content (AvgIpc) is 2.97. The number of fused-ring (bicyclic) bond motifs is 2. The summed E-state index contributed by atoms with van der Waals surface area (Å²) in [7, 11) is 0. The van der Waals surface area contributed by atoms with Gasteiger partial charge in [-0.3, -0.25) is 4.79 Å². The predicted octanol–water partition coefficient (Wildman–Crippen LogP) is 0.403. The maximum atomic E-state index is 11.8. The Morgan fingerprint density at radius 3 is 2.96 bits per heavy atom. The molecule has 120 valence electrons. The number of anilines is 1. The molecule has 2 aliphatic heterocycles. The molecular formula is C16H17N3O4. The first-order chi connectivity index (χ1) is 11.1. The van der Waals surface area contributed by atoms with E-state index in [1.807, 2.05) is 18.2 Å². The fourth-order valence-corrected chi connectivity index (χ4v) is 3.35. The molecular weight excluding hydrogens is 298 g/mol. The Balaban J connectivity index is 1.68. The van der Waals surface area contributed by atoms with Crippen LogP contribution in [0.25, 0.3) is 10.9 Å². The summed E-state index contributed by atoms with van der Waals surface area (Å²) in [4.78, 5) is 27.7. The Morgan fingerprint density at radius 2 is 2.17 bits per heavy atom. The van der Waals surface area contributed by atoms with Crippen LogP contribution in [0, 0.1) is 0 Å². The monoisotopic (exact) mass is 315 g/mol. The first-order valence-corrected chi connectivity index (χ1v) is 7.62. The first-order valence-electron chi connectivity index (χ1n) is 7.62. The minimum absolute atomic E-state index is 0.188. The van der Waals surface area contributed by atoms with Crippen LogP contribution in [-0.4, -0.2) is 54.4 Å². The highest BCUT2D eigenvalue weighted by Gasteiger charge is 2.35.